The molecule has 3 aromatic rings. The normalized spacial score (nSPS) is 12.2. The molecule has 118 valence electrons. The average molecular weight is 329 g/mol. The average Bonchev–Trinajstić information content (AvgIpc) is 3.23. The molecule has 2 N–H and O–H groups in total. The van der Waals surface area contributed by atoms with Crippen LogP contribution in [0.15, 0.2) is 62.8 Å². The Labute approximate surface area is 137 Å². The van der Waals surface area contributed by atoms with Crippen molar-refractivity contribution in [3.05, 3.63) is 65.9 Å². The molecule has 23 heavy (non-hydrogen) atoms. The minimum Gasteiger partial charge on any atom is -0.469 e. The third kappa shape index (κ3) is 4.01. The van der Waals surface area contributed by atoms with E-state index < -0.39 is 5.91 Å². The Morgan fingerprint density at radius 1 is 1.17 bits per heavy atom. The number of furan rings is 1. The van der Waals surface area contributed by atoms with Crippen LogP contribution in [0.4, 0.5) is 0 Å². The van der Waals surface area contributed by atoms with Crippen LogP contribution >= 0.6 is 11.8 Å². The second kappa shape index (κ2) is 7.15. The van der Waals surface area contributed by atoms with Gasteiger partial charge in [-0.05, 0) is 17.7 Å². The maximum atomic E-state index is 10.8. The predicted octanol–water partition coefficient (Wildman–Crippen LogP) is 2.61. The van der Waals surface area contributed by atoms with Crippen LogP contribution in [0.25, 0.3) is 0 Å². The van der Waals surface area contributed by atoms with E-state index in [0.29, 0.717) is 17.5 Å². The molecule has 0 spiro atoms. The van der Waals surface area contributed by atoms with Gasteiger partial charge in [-0.15, -0.1) is 10.2 Å². The summed E-state index contributed by atoms with van der Waals surface area (Å²) in [5.41, 5.74) is 6.21. The van der Waals surface area contributed by atoms with Gasteiger partial charge in [0.05, 0.1) is 17.9 Å². The summed E-state index contributed by atoms with van der Waals surface area (Å²) in [6.07, 6.45) is 2.16. The Bertz CT molecular complexity index is 756. The molecule has 2 heterocycles. The maximum Gasteiger partial charge on any atom is 0.277 e. The molecular weight excluding hydrogens is 314 g/mol. The highest BCUT2D eigenvalue weighted by atomic mass is 32.2. The number of thioether (sulfide) groups is 1. The van der Waals surface area contributed by atoms with Crippen LogP contribution in [-0.2, 0) is 11.2 Å². The quantitative estimate of drug-likeness (QED) is 0.669. The Hall–Kier alpha value is -2.54. The largest absolute Gasteiger partial charge is 0.469 e. The zero-order valence-corrected chi connectivity index (χ0v) is 13.0. The van der Waals surface area contributed by atoms with Crippen molar-refractivity contribution in [2.24, 2.45) is 5.73 Å². The highest BCUT2D eigenvalue weighted by Gasteiger charge is 2.21. The fourth-order valence-electron chi connectivity index (χ4n) is 2.24. The van der Waals surface area contributed by atoms with Crippen molar-refractivity contribution in [3.63, 3.8) is 0 Å². The number of hydrogen-bond donors (Lipinski definition) is 1. The van der Waals surface area contributed by atoms with Gasteiger partial charge in [-0.2, -0.15) is 0 Å². The minimum atomic E-state index is -0.424. The molecule has 6 nitrogen and oxygen atoms in total. The zero-order chi connectivity index (χ0) is 16.1. The highest BCUT2D eigenvalue weighted by Crippen LogP contribution is 2.29. The van der Waals surface area contributed by atoms with Gasteiger partial charge in [0.25, 0.3) is 5.22 Å². The Kier molecular flexibility index (Phi) is 4.77. The van der Waals surface area contributed by atoms with Crippen LogP contribution in [-0.4, -0.2) is 21.9 Å². The number of amides is 1. The first kappa shape index (κ1) is 15.4. The van der Waals surface area contributed by atoms with Gasteiger partial charge in [0, 0.05) is 6.42 Å². The summed E-state index contributed by atoms with van der Waals surface area (Å²) in [7, 11) is 0. The lowest BCUT2D eigenvalue weighted by atomic mass is 9.93. The third-order valence-corrected chi connectivity index (χ3v) is 4.09. The van der Waals surface area contributed by atoms with Crippen molar-refractivity contribution in [1.82, 2.24) is 10.2 Å². The van der Waals surface area contributed by atoms with E-state index in [2.05, 4.69) is 10.2 Å². The molecule has 2 aromatic heterocycles. The molecule has 0 aliphatic rings. The van der Waals surface area contributed by atoms with Crippen molar-refractivity contribution < 1.29 is 13.6 Å². The molecule has 1 aromatic carbocycles. The van der Waals surface area contributed by atoms with E-state index >= 15 is 0 Å². The molecule has 1 atom stereocenters. The minimum absolute atomic E-state index is 0.0133. The summed E-state index contributed by atoms with van der Waals surface area (Å²) in [6.45, 7) is 0. The molecule has 7 heteroatoms. The number of primary amides is 1. The second-order valence-corrected chi connectivity index (χ2v) is 5.83. The summed E-state index contributed by atoms with van der Waals surface area (Å²) in [5.74, 6) is 0.998. The number of hydrogen-bond acceptors (Lipinski definition) is 6. The highest BCUT2D eigenvalue weighted by molar-refractivity contribution is 7.99. The molecule has 0 aliphatic heterocycles. The lowest BCUT2D eigenvalue weighted by molar-refractivity contribution is -0.115. The van der Waals surface area contributed by atoms with E-state index in [0.717, 1.165) is 23.1 Å². The molecular formula is C16H15N3O3S. The SMILES string of the molecule is NC(=O)CSc1nnc(C[C@@H](c2ccccc2)c2ccco2)o1. The standard InChI is InChI=1S/C16H15N3O3S/c17-14(20)10-23-16-19-18-15(22-16)9-12(13-7-4-8-21-13)11-5-2-1-3-6-11/h1-8,12H,9-10H2,(H2,17,20)/t12-/m0/s1. The summed E-state index contributed by atoms with van der Waals surface area (Å²) in [5, 5.41) is 8.30. The van der Waals surface area contributed by atoms with Crippen molar-refractivity contribution in [2.45, 2.75) is 17.6 Å². The molecule has 0 bridgehead atoms. The van der Waals surface area contributed by atoms with Crippen LogP contribution in [0.1, 0.15) is 23.1 Å². The summed E-state index contributed by atoms with van der Waals surface area (Å²) < 4.78 is 11.1. The van der Waals surface area contributed by atoms with Crippen LogP contribution in [0.3, 0.4) is 0 Å². The number of carbonyl (C=O) groups is 1. The maximum absolute atomic E-state index is 10.8. The first-order chi connectivity index (χ1) is 11.2. The molecule has 1 amide bonds. The van der Waals surface area contributed by atoms with Crippen LogP contribution in [0, 0.1) is 0 Å². The van der Waals surface area contributed by atoms with E-state index in [1.807, 2.05) is 42.5 Å². The lowest BCUT2D eigenvalue weighted by Crippen LogP contribution is -2.12. The van der Waals surface area contributed by atoms with E-state index in [-0.39, 0.29) is 11.7 Å². The fourth-order valence-corrected chi connectivity index (χ4v) is 2.76. The van der Waals surface area contributed by atoms with Gasteiger partial charge in [0.2, 0.25) is 11.8 Å². The second-order valence-electron chi connectivity index (χ2n) is 4.90. The molecule has 3 rings (SSSR count). The van der Waals surface area contributed by atoms with Gasteiger partial charge < -0.3 is 14.6 Å². The topological polar surface area (TPSA) is 95.2 Å². The molecule has 0 fully saturated rings. The number of nitrogens with two attached hydrogens (primary N) is 1. The molecule has 0 saturated carbocycles. The van der Waals surface area contributed by atoms with Gasteiger partial charge in [-0.25, -0.2) is 0 Å². The Morgan fingerprint density at radius 2 is 2.00 bits per heavy atom. The van der Waals surface area contributed by atoms with E-state index in [4.69, 9.17) is 14.6 Å². The molecule has 0 saturated heterocycles. The van der Waals surface area contributed by atoms with Gasteiger partial charge in [0.15, 0.2) is 0 Å². The lowest BCUT2D eigenvalue weighted by Gasteiger charge is -2.12. The predicted molar refractivity (Wildman–Crippen MR) is 84.9 cm³/mol. The van der Waals surface area contributed by atoms with Gasteiger partial charge in [0.1, 0.15) is 5.76 Å². The number of rotatable bonds is 7. The summed E-state index contributed by atoms with van der Waals surface area (Å²) in [6, 6.07) is 13.8. The van der Waals surface area contributed by atoms with E-state index in [9.17, 15) is 4.79 Å². The smallest absolute Gasteiger partial charge is 0.277 e. The van der Waals surface area contributed by atoms with Crippen LogP contribution in [0.5, 0.6) is 0 Å². The summed E-state index contributed by atoms with van der Waals surface area (Å²) in [4.78, 5) is 10.8. The van der Waals surface area contributed by atoms with Crippen molar-refractivity contribution in [3.8, 4) is 0 Å². The number of benzene rings is 1. The Morgan fingerprint density at radius 3 is 2.70 bits per heavy atom. The number of aromatic nitrogens is 2. The van der Waals surface area contributed by atoms with E-state index in [1.165, 1.54) is 0 Å². The van der Waals surface area contributed by atoms with Crippen LogP contribution in [0.2, 0.25) is 0 Å². The monoisotopic (exact) mass is 329 g/mol. The number of carbonyl (C=O) groups excluding carboxylic acids is 1. The van der Waals surface area contributed by atoms with Crippen molar-refractivity contribution >= 4 is 17.7 Å². The first-order valence-corrected chi connectivity index (χ1v) is 8.03. The molecule has 0 radical (unpaired) electrons. The third-order valence-electron chi connectivity index (χ3n) is 3.25. The number of nitrogens with zero attached hydrogens (tertiary/aromatic N) is 2. The van der Waals surface area contributed by atoms with Crippen molar-refractivity contribution in [2.75, 3.05) is 5.75 Å². The van der Waals surface area contributed by atoms with Gasteiger partial charge >= 0.3 is 0 Å². The fraction of sp³-hybridized carbons (Fsp3) is 0.188. The van der Waals surface area contributed by atoms with Gasteiger partial charge in [-0.3, -0.25) is 4.79 Å². The van der Waals surface area contributed by atoms with Crippen molar-refractivity contribution in [1.29, 1.82) is 0 Å². The summed E-state index contributed by atoms with van der Waals surface area (Å²) >= 11 is 1.13. The zero-order valence-electron chi connectivity index (χ0n) is 12.2. The van der Waals surface area contributed by atoms with Crippen LogP contribution < -0.4 is 5.73 Å². The van der Waals surface area contributed by atoms with Gasteiger partial charge in [-0.1, -0.05) is 42.1 Å². The van der Waals surface area contributed by atoms with E-state index in [1.54, 1.807) is 6.26 Å². The Balaban J connectivity index is 1.78. The first-order valence-electron chi connectivity index (χ1n) is 7.04. The molecule has 0 unspecified atom stereocenters. The molecule has 0 aliphatic carbocycles.